The monoisotopic (exact) mass is 155 g/mol. The standard InChI is InChI=1S/C7H9NOS/c1-10(9)6-7-4-2-3-5-8-7/h2-5H,6H2,1H3. The number of hydrogen-bond donors (Lipinski definition) is 0. The van der Waals surface area contributed by atoms with Crippen molar-refractivity contribution < 1.29 is 4.55 Å². The number of aromatic nitrogens is 1. The molecule has 0 aliphatic heterocycles. The zero-order valence-electron chi connectivity index (χ0n) is 5.78. The summed E-state index contributed by atoms with van der Waals surface area (Å²) in [6.45, 7) is 0. The van der Waals surface area contributed by atoms with Gasteiger partial charge in [-0.25, -0.2) is 0 Å². The first-order chi connectivity index (χ1) is 4.79. The van der Waals surface area contributed by atoms with Crippen LogP contribution in [0.2, 0.25) is 0 Å². The van der Waals surface area contributed by atoms with Gasteiger partial charge < -0.3 is 4.55 Å². The molecule has 0 aromatic carbocycles. The van der Waals surface area contributed by atoms with E-state index >= 15 is 0 Å². The molecule has 1 unspecified atom stereocenters. The predicted molar refractivity (Wildman–Crippen MR) is 42.0 cm³/mol. The molecule has 0 saturated heterocycles. The van der Waals surface area contributed by atoms with Crippen LogP contribution >= 0.6 is 0 Å². The average molecular weight is 155 g/mol. The molecule has 0 N–H and O–H groups in total. The highest BCUT2D eigenvalue weighted by atomic mass is 32.2. The van der Waals surface area contributed by atoms with Gasteiger partial charge >= 0.3 is 0 Å². The first-order valence-corrected chi connectivity index (χ1v) is 4.71. The van der Waals surface area contributed by atoms with E-state index in [0.29, 0.717) is 5.75 Å². The van der Waals surface area contributed by atoms with E-state index in [0.717, 1.165) is 5.69 Å². The molecule has 0 spiro atoms. The molecule has 0 amide bonds. The van der Waals surface area contributed by atoms with Crippen molar-refractivity contribution in [2.45, 2.75) is 5.75 Å². The van der Waals surface area contributed by atoms with E-state index in [2.05, 4.69) is 4.98 Å². The van der Waals surface area contributed by atoms with Crippen molar-refractivity contribution in [3.8, 4) is 0 Å². The first-order valence-electron chi connectivity index (χ1n) is 2.99. The number of hydrogen-bond acceptors (Lipinski definition) is 2. The molecular weight excluding hydrogens is 146 g/mol. The average Bonchev–Trinajstić information content (AvgIpc) is 1.88. The number of rotatable bonds is 2. The lowest BCUT2D eigenvalue weighted by Gasteiger charge is -2.02. The maximum absolute atomic E-state index is 10.7. The van der Waals surface area contributed by atoms with E-state index in [1.165, 1.54) is 0 Å². The van der Waals surface area contributed by atoms with E-state index in [9.17, 15) is 4.55 Å². The van der Waals surface area contributed by atoms with Crippen molar-refractivity contribution in [2.75, 3.05) is 6.26 Å². The molecule has 0 aliphatic rings. The predicted octanol–water partition coefficient (Wildman–Crippen LogP) is 0.960. The van der Waals surface area contributed by atoms with Crippen molar-refractivity contribution >= 4 is 11.2 Å². The van der Waals surface area contributed by atoms with Gasteiger partial charge in [0.2, 0.25) is 0 Å². The van der Waals surface area contributed by atoms with E-state index in [4.69, 9.17) is 0 Å². The van der Waals surface area contributed by atoms with Crippen molar-refractivity contribution in [1.82, 2.24) is 4.98 Å². The van der Waals surface area contributed by atoms with Gasteiger partial charge in [-0.1, -0.05) is 17.2 Å². The molecule has 1 rings (SSSR count). The summed E-state index contributed by atoms with van der Waals surface area (Å²) >= 11 is -0.779. The van der Waals surface area contributed by atoms with Crippen LogP contribution in [0.25, 0.3) is 0 Å². The highest BCUT2D eigenvalue weighted by Crippen LogP contribution is 1.98. The molecule has 0 aliphatic carbocycles. The fourth-order valence-electron chi connectivity index (χ4n) is 0.692. The Balaban J connectivity index is 2.59. The maximum atomic E-state index is 10.7. The van der Waals surface area contributed by atoms with E-state index in [1.54, 1.807) is 12.5 Å². The lowest BCUT2D eigenvalue weighted by atomic mass is 10.4. The Kier molecular flexibility index (Phi) is 2.71. The summed E-state index contributed by atoms with van der Waals surface area (Å²) in [5.41, 5.74) is 0.892. The summed E-state index contributed by atoms with van der Waals surface area (Å²) in [5.74, 6) is 0.556. The van der Waals surface area contributed by atoms with Gasteiger partial charge in [-0.15, -0.1) is 0 Å². The molecule has 2 nitrogen and oxygen atoms in total. The summed E-state index contributed by atoms with van der Waals surface area (Å²) in [5, 5.41) is 0. The maximum Gasteiger partial charge on any atom is 0.147 e. The second kappa shape index (κ2) is 3.58. The SMILES string of the molecule is C[S+]([O-])Cc1ccccn1. The highest BCUT2D eigenvalue weighted by molar-refractivity contribution is 7.89. The van der Waals surface area contributed by atoms with Crippen LogP contribution in [0.1, 0.15) is 5.69 Å². The smallest absolute Gasteiger partial charge is 0.147 e. The Morgan fingerprint density at radius 1 is 1.60 bits per heavy atom. The molecule has 0 bridgehead atoms. The van der Waals surface area contributed by atoms with Gasteiger partial charge in [0, 0.05) is 6.20 Å². The molecule has 10 heavy (non-hydrogen) atoms. The Hall–Kier alpha value is -0.540. The van der Waals surface area contributed by atoms with Gasteiger partial charge in [0.1, 0.15) is 5.75 Å². The Morgan fingerprint density at radius 3 is 2.90 bits per heavy atom. The van der Waals surface area contributed by atoms with Crippen LogP contribution in [-0.2, 0) is 16.9 Å². The van der Waals surface area contributed by atoms with E-state index < -0.39 is 11.2 Å². The number of nitrogens with zero attached hydrogens (tertiary/aromatic N) is 1. The van der Waals surface area contributed by atoms with Gasteiger partial charge in [-0.3, -0.25) is 4.98 Å². The Morgan fingerprint density at radius 2 is 2.40 bits per heavy atom. The minimum atomic E-state index is -0.779. The molecule has 1 aromatic rings. The largest absolute Gasteiger partial charge is 0.616 e. The molecule has 1 aromatic heterocycles. The lowest BCUT2D eigenvalue weighted by molar-refractivity contribution is 0.599. The first kappa shape index (κ1) is 7.57. The molecular formula is C7H9NOS. The molecule has 54 valence electrons. The normalized spacial score (nSPS) is 13.0. The Labute approximate surface area is 63.5 Å². The molecule has 0 fully saturated rings. The minimum Gasteiger partial charge on any atom is -0.616 e. The molecule has 1 atom stereocenters. The van der Waals surface area contributed by atoms with Crippen LogP contribution in [0.4, 0.5) is 0 Å². The van der Waals surface area contributed by atoms with Gasteiger partial charge in [0.05, 0.1) is 11.9 Å². The van der Waals surface area contributed by atoms with Crippen LogP contribution in [0.5, 0.6) is 0 Å². The summed E-state index contributed by atoms with van der Waals surface area (Å²) in [7, 11) is 0. The quantitative estimate of drug-likeness (QED) is 0.596. The topological polar surface area (TPSA) is 36.0 Å². The summed E-state index contributed by atoms with van der Waals surface area (Å²) in [4.78, 5) is 4.03. The van der Waals surface area contributed by atoms with Crippen molar-refractivity contribution in [1.29, 1.82) is 0 Å². The zero-order chi connectivity index (χ0) is 7.40. The van der Waals surface area contributed by atoms with Crippen LogP contribution in [0, 0.1) is 0 Å². The van der Waals surface area contributed by atoms with Gasteiger partial charge in [0.15, 0.2) is 0 Å². The van der Waals surface area contributed by atoms with Gasteiger partial charge in [-0.05, 0) is 12.1 Å². The van der Waals surface area contributed by atoms with Crippen molar-refractivity contribution in [2.24, 2.45) is 0 Å². The Bertz CT molecular complexity index is 188. The highest BCUT2D eigenvalue weighted by Gasteiger charge is 1.98. The van der Waals surface area contributed by atoms with Gasteiger partial charge in [0.25, 0.3) is 0 Å². The molecule has 1 heterocycles. The second-order valence-corrected chi connectivity index (χ2v) is 3.47. The molecule has 3 heteroatoms. The third-order valence-corrected chi connectivity index (χ3v) is 1.78. The zero-order valence-corrected chi connectivity index (χ0v) is 6.60. The third-order valence-electron chi connectivity index (χ3n) is 1.08. The fraction of sp³-hybridized carbons (Fsp3) is 0.286. The third kappa shape index (κ3) is 2.37. The van der Waals surface area contributed by atoms with E-state index in [-0.39, 0.29) is 0 Å². The lowest BCUT2D eigenvalue weighted by Crippen LogP contribution is -2.01. The van der Waals surface area contributed by atoms with E-state index in [1.807, 2.05) is 18.2 Å². The van der Waals surface area contributed by atoms with Crippen LogP contribution in [0.3, 0.4) is 0 Å². The summed E-state index contributed by atoms with van der Waals surface area (Å²) < 4.78 is 10.7. The van der Waals surface area contributed by atoms with Crippen LogP contribution in [0.15, 0.2) is 24.4 Å². The summed E-state index contributed by atoms with van der Waals surface area (Å²) in [6.07, 6.45) is 3.39. The fourth-order valence-corrected chi connectivity index (χ4v) is 1.28. The van der Waals surface area contributed by atoms with Crippen LogP contribution < -0.4 is 0 Å². The molecule has 0 saturated carbocycles. The van der Waals surface area contributed by atoms with Crippen molar-refractivity contribution in [3.63, 3.8) is 0 Å². The molecule has 0 radical (unpaired) electrons. The minimum absolute atomic E-state index is 0.556. The number of pyridine rings is 1. The van der Waals surface area contributed by atoms with Crippen molar-refractivity contribution in [3.05, 3.63) is 30.1 Å². The second-order valence-electron chi connectivity index (χ2n) is 2.04. The van der Waals surface area contributed by atoms with Crippen LogP contribution in [-0.4, -0.2) is 15.8 Å². The van der Waals surface area contributed by atoms with Gasteiger partial charge in [-0.2, -0.15) is 0 Å². The summed E-state index contributed by atoms with van der Waals surface area (Å²) in [6, 6.07) is 5.62.